The van der Waals surface area contributed by atoms with Crippen molar-refractivity contribution in [3.8, 4) is 34.5 Å². The Morgan fingerprint density at radius 3 is 1.68 bits per heavy atom. The number of benzene rings is 4. The summed E-state index contributed by atoms with van der Waals surface area (Å²) in [5, 5.41) is 0. The first-order valence-corrected chi connectivity index (χ1v) is 9.31. The molecule has 0 spiro atoms. The molecule has 0 bridgehead atoms. The summed E-state index contributed by atoms with van der Waals surface area (Å²) in [7, 11) is 0. The molecule has 0 atom stereocenters. The molecule has 28 heavy (non-hydrogen) atoms. The second kappa shape index (κ2) is 5.93. The van der Waals surface area contributed by atoms with E-state index in [1.54, 1.807) is 0 Å². The number of hydrogen-bond acceptors (Lipinski definition) is 3. The fraction of sp³-hybridized carbons (Fsp3) is 0. The summed E-state index contributed by atoms with van der Waals surface area (Å²) in [5.41, 5.74) is 3.37. The van der Waals surface area contributed by atoms with Gasteiger partial charge in [0.25, 0.3) is 6.71 Å². The van der Waals surface area contributed by atoms with Crippen molar-refractivity contribution in [1.29, 1.82) is 0 Å². The Labute approximate surface area is 163 Å². The summed E-state index contributed by atoms with van der Waals surface area (Å²) in [5.74, 6) is 4.78. The molecule has 3 nitrogen and oxygen atoms in total. The summed E-state index contributed by atoms with van der Waals surface area (Å²) < 4.78 is 18.6. The van der Waals surface area contributed by atoms with Crippen LogP contribution in [0.1, 0.15) is 0 Å². The van der Waals surface area contributed by atoms with Crippen molar-refractivity contribution in [2.24, 2.45) is 0 Å². The van der Waals surface area contributed by atoms with E-state index in [2.05, 4.69) is 24.3 Å². The van der Waals surface area contributed by atoms with E-state index in [9.17, 15) is 0 Å². The van der Waals surface area contributed by atoms with Gasteiger partial charge in [-0.3, -0.25) is 0 Å². The van der Waals surface area contributed by atoms with Crippen LogP contribution in [0.5, 0.6) is 34.5 Å². The van der Waals surface area contributed by atoms with Crippen LogP contribution < -0.4 is 30.6 Å². The maximum atomic E-state index is 6.26. The van der Waals surface area contributed by atoms with Gasteiger partial charge in [-0.25, -0.2) is 0 Å². The fourth-order valence-corrected chi connectivity index (χ4v) is 4.05. The second-order valence-electron chi connectivity index (χ2n) is 6.96. The van der Waals surface area contributed by atoms with Crippen LogP contribution in [0.15, 0.2) is 91.0 Å². The van der Waals surface area contributed by atoms with Gasteiger partial charge in [-0.15, -0.1) is 0 Å². The van der Waals surface area contributed by atoms with Crippen molar-refractivity contribution >= 4 is 23.1 Å². The molecule has 2 aliphatic rings. The summed E-state index contributed by atoms with van der Waals surface area (Å²) in [6.07, 6.45) is 0. The molecule has 0 aliphatic carbocycles. The van der Waals surface area contributed by atoms with Crippen molar-refractivity contribution in [2.75, 3.05) is 0 Å². The molecule has 0 amide bonds. The van der Waals surface area contributed by atoms with E-state index >= 15 is 0 Å². The molecule has 0 unspecified atom stereocenters. The number of para-hydroxylation sites is 3. The first-order chi connectivity index (χ1) is 13.9. The van der Waals surface area contributed by atoms with Crippen LogP contribution in [0, 0.1) is 0 Å². The van der Waals surface area contributed by atoms with Gasteiger partial charge in [-0.05, 0) is 35.2 Å². The topological polar surface area (TPSA) is 27.7 Å². The number of hydrogen-bond donors (Lipinski definition) is 0. The summed E-state index contributed by atoms with van der Waals surface area (Å²) in [6, 6.07) is 30.0. The molecular formula is C24H15BO3. The monoisotopic (exact) mass is 362 g/mol. The molecule has 6 rings (SSSR count). The van der Waals surface area contributed by atoms with Gasteiger partial charge in [-0.1, -0.05) is 54.6 Å². The molecule has 4 heteroatoms. The zero-order valence-corrected chi connectivity index (χ0v) is 15.0. The Bertz CT molecular complexity index is 1130. The third kappa shape index (κ3) is 2.31. The average molecular weight is 362 g/mol. The maximum absolute atomic E-state index is 6.26. The zero-order valence-electron chi connectivity index (χ0n) is 15.0. The minimum atomic E-state index is 0.0886. The lowest BCUT2D eigenvalue weighted by molar-refractivity contribution is 0.443. The van der Waals surface area contributed by atoms with Gasteiger partial charge in [0.05, 0.1) is 0 Å². The molecule has 2 aliphatic heterocycles. The smallest absolute Gasteiger partial charge is 0.260 e. The Morgan fingerprint density at radius 1 is 0.536 bits per heavy atom. The van der Waals surface area contributed by atoms with Gasteiger partial charge in [0, 0.05) is 17.6 Å². The van der Waals surface area contributed by atoms with Gasteiger partial charge in [0.1, 0.15) is 34.5 Å². The fourth-order valence-electron chi connectivity index (χ4n) is 4.05. The summed E-state index contributed by atoms with van der Waals surface area (Å²) in [4.78, 5) is 0. The molecule has 0 fully saturated rings. The molecule has 4 aromatic carbocycles. The Balaban J connectivity index is 1.55. The SMILES string of the molecule is c1ccc(Oc2cc3c4c(c2)Oc2ccccc2B4c2ccccc2O3)cc1. The quantitative estimate of drug-likeness (QED) is 0.432. The highest BCUT2D eigenvalue weighted by molar-refractivity contribution is 6.98. The largest absolute Gasteiger partial charge is 0.458 e. The lowest BCUT2D eigenvalue weighted by Crippen LogP contribution is -2.57. The Hall–Kier alpha value is -3.66. The van der Waals surface area contributed by atoms with Crippen LogP contribution in [0.4, 0.5) is 0 Å². The maximum Gasteiger partial charge on any atom is 0.260 e. The third-order valence-corrected chi connectivity index (χ3v) is 5.25. The van der Waals surface area contributed by atoms with Gasteiger partial charge in [-0.2, -0.15) is 0 Å². The van der Waals surface area contributed by atoms with E-state index in [0.717, 1.165) is 45.1 Å². The highest BCUT2D eigenvalue weighted by Gasteiger charge is 2.40. The van der Waals surface area contributed by atoms with E-state index in [0.29, 0.717) is 5.75 Å². The highest BCUT2D eigenvalue weighted by atomic mass is 16.5. The molecule has 0 aromatic heterocycles. The van der Waals surface area contributed by atoms with Gasteiger partial charge >= 0.3 is 0 Å². The second-order valence-corrected chi connectivity index (χ2v) is 6.96. The van der Waals surface area contributed by atoms with Crippen molar-refractivity contribution in [2.45, 2.75) is 0 Å². The van der Waals surface area contributed by atoms with Crippen LogP contribution in [0.3, 0.4) is 0 Å². The third-order valence-electron chi connectivity index (χ3n) is 5.25. The summed E-state index contributed by atoms with van der Waals surface area (Å²) in [6.45, 7) is 0.0886. The number of ether oxygens (including phenoxy) is 3. The van der Waals surface area contributed by atoms with Gasteiger partial charge in [0.15, 0.2) is 0 Å². The predicted molar refractivity (Wildman–Crippen MR) is 111 cm³/mol. The number of fused-ring (bicyclic) bond motifs is 4. The van der Waals surface area contributed by atoms with E-state index in [4.69, 9.17) is 14.2 Å². The van der Waals surface area contributed by atoms with Crippen LogP contribution in [-0.2, 0) is 0 Å². The normalized spacial score (nSPS) is 12.8. The Kier molecular flexibility index (Phi) is 3.26. The standard InChI is InChI=1S/C24H15BO3/c1-2-8-16(9-3-1)26-17-14-22-24-23(15-17)28-21-13-7-5-11-19(21)25(24)18-10-4-6-12-20(18)27-22/h1-15H. The molecule has 0 N–H and O–H groups in total. The Morgan fingerprint density at radius 2 is 1.07 bits per heavy atom. The lowest BCUT2D eigenvalue weighted by Gasteiger charge is -2.33. The first kappa shape index (κ1) is 15.4. The van der Waals surface area contributed by atoms with Crippen molar-refractivity contribution < 1.29 is 14.2 Å². The van der Waals surface area contributed by atoms with Gasteiger partial charge in [0.2, 0.25) is 0 Å². The van der Waals surface area contributed by atoms with Crippen LogP contribution in [-0.4, -0.2) is 6.71 Å². The van der Waals surface area contributed by atoms with E-state index in [1.807, 2.05) is 66.7 Å². The van der Waals surface area contributed by atoms with Crippen LogP contribution in [0.25, 0.3) is 0 Å². The van der Waals surface area contributed by atoms with Crippen LogP contribution >= 0.6 is 0 Å². The average Bonchev–Trinajstić information content (AvgIpc) is 2.74. The molecule has 4 aromatic rings. The molecule has 132 valence electrons. The van der Waals surface area contributed by atoms with Crippen LogP contribution in [0.2, 0.25) is 0 Å². The molecule has 0 radical (unpaired) electrons. The highest BCUT2D eigenvalue weighted by Crippen LogP contribution is 2.38. The summed E-state index contributed by atoms with van der Waals surface area (Å²) >= 11 is 0. The number of rotatable bonds is 2. The predicted octanol–water partition coefficient (Wildman–Crippen LogP) is 4.21. The van der Waals surface area contributed by atoms with Crippen molar-refractivity contribution in [1.82, 2.24) is 0 Å². The first-order valence-electron chi connectivity index (χ1n) is 9.31. The van der Waals surface area contributed by atoms with E-state index < -0.39 is 0 Å². The van der Waals surface area contributed by atoms with Gasteiger partial charge < -0.3 is 14.2 Å². The minimum absolute atomic E-state index is 0.0886. The molecule has 0 saturated heterocycles. The molecule has 0 saturated carbocycles. The van der Waals surface area contributed by atoms with Crippen molar-refractivity contribution in [3.05, 3.63) is 91.0 Å². The van der Waals surface area contributed by atoms with Crippen molar-refractivity contribution in [3.63, 3.8) is 0 Å². The lowest BCUT2D eigenvalue weighted by atomic mass is 9.35. The van der Waals surface area contributed by atoms with E-state index in [1.165, 1.54) is 0 Å². The minimum Gasteiger partial charge on any atom is -0.458 e. The zero-order chi connectivity index (χ0) is 18.5. The molecule has 2 heterocycles. The molecular weight excluding hydrogens is 347 g/mol. The van der Waals surface area contributed by atoms with E-state index in [-0.39, 0.29) is 6.71 Å².